The van der Waals surface area contributed by atoms with Crippen LogP contribution in [0.4, 0.5) is 10.1 Å². The van der Waals surface area contributed by atoms with E-state index in [1.54, 1.807) is 10.9 Å². The molecular formula is C19H18FN5O5S. The fraction of sp³-hybridized carbons (Fsp3) is 0.158. The number of carbonyl (C=O) groups is 1. The van der Waals surface area contributed by atoms with E-state index in [1.807, 2.05) is 30.3 Å². The van der Waals surface area contributed by atoms with E-state index in [0.717, 1.165) is 6.07 Å². The largest absolute Gasteiger partial charge is 0.506 e. The van der Waals surface area contributed by atoms with E-state index in [4.69, 9.17) is 4.74 Å². The molecule has 0 radical (unpaired) electrons. The molecule has 4 N–H and O–H groups in total. The molecule has 2 aliphatic heterocycles. The van der Waals surface area contributed by atoms with E-state index in [9.17, 15) is 22.7 Å². The lowest BCUT2D eigenvalue weighted by Gasteiger charge is -2.19. The van der Waals surface area contributed by atoms with E-state index in [0.29, 0.717) is 27.3 Å². The van der Waals surface area contributed by atoms with Crippen LogP contribution in [0, 0.1) is 5.82 Å². The fourth-order valence-corrected chi connectivity index (χ4v) is 4.20. The molecule has 0 aliphatic carbocycles. The molecule has 2 aliphatic rings. The smallest absolute Gasteiger partial charge is 0.326 e. The molecule has 0 saturated carbocycles. The minimum Gasteiger partial charge on any atom is -0.506 e. The zero-order valence-corrected chi connectivity index (χ0v) is 16.8. The van der Waals surface area contributed by atoms with Crippen LogP contribution in [0.2, 0.25) is 0 Å². The molecule has 0 aromatic heterocycles. The Bertz CT molecular complexity index is 1160. The Morgan fingerprint density at radius 2 is 2.03 bits per heavy atom. The maximum Gasteiger partial charge on any atom is 0.326 e. The van der Waals surface area contributed by atoms with Crippen molar-refractivity contribution in [3.05, 3.63) is 65.8 Å². The van der Waals surface area contributed by atoms with Crippen molar-refractivity contribution in [2.24, 2.45) is 4.99 Å². The minimum atomic E-state index is -4.23. The Balaban J connectivity index is 1.38. The van der Waals surface area contributed by atoms with Crippen LogP contribution < -0.4 is 24.4 Å². The third-order valence-electron chi connectivity index (χ3n) is 4.39. The second-order valence-electron chi connectivity index (χ2n) is 6.67. The number of aliphatic imine (C=N–C) groups is 1. The first-order valence-electron chi connectivity index (χ1n) is 9.13. The number of hydrogen-bond donors (Lipinski definition) is 4. The summed E-state index contributed by atoms with van der Waals surface area (Å²) in [5, 5.41) is 16.1. The Kier molecular flexibility index (Phi) is 5.38. The van der Waals surface area contributed by atoms with Crippen LogP contribution in [-0.2, 0) is 21.5 Å². The normalized spacial score (nSPS) is 17.3. The third kappa shape index (κ3) is 4.53. The van der Waals surface area contributed by atoms with Gasteiger partial charge in [0.2, 0.25) is 0 Å². The van der Waals surface area contributed by atoms with E-state index in [2.05, 4.69) is 15.6 Å². The second-order valence-corrected chi connectivity index (χ2v) is 8.27. The highest BCUT2D eigenvalue weighted by Crippen LogP contribution is 2.34. The Morgan fingerprint density at radius 3 is 2.65 bits per heavy atom. The van der Waals surface area contributed by atoms with Gasteiger partial charge in [-0.2, -0.15) is 8.42 Å². The number of nitrogens with one attached hydrogen (secondary N) is 3. The third-order valence-corrected chi connectivity index (χ3v) is 5.77. The number of nitrogens with zero attached hydrogens (tertiary/aromatic N) is 2. The lowest BCUT2D eigenvalue weighted by Crippen LogP contribution is -2.37. The summed E-state index contributed by atoms with van der Waals surface area (Å²) in [7, 11) is -4.23. The first-order valence-corrected chi connectivity index (χ1v) is 10.6. The molecule has 2 aromatic rings. The molecule has 1 saturated heterocycles. The molecule has 2 aromatic carbocycles. The maximum absolute atomic E-state index is 14.6. The van der Waals surface area contributed by atoms with Gasteiger partial charge in [0.1, 0.15) is 36.0 Å². The van der Waals surface area contributed by atoms with Crippen LogP contribution >= 0.6 is 0 Å². The van der Waals surface area contributed by atoms with Crippen molar-refractivity contribution in [3.8, 4) is 11.5 Å². The molecule has 12 heteroatoms. The highest BCUT2D eigenvalue weighted by atomic mass is 32.2. The quantitative estimate of drug-likeness (QED) is 0.530. The number of aromatic hydroxyl groups is 1. The summed E-state index contributed by atoms with van der Waals surface area (Å²) < 4.78 is 46.3. The lowest BCUT2D eigenvalue weighted by atomic mass is 10.1. The number of benzene rings is 2. The highest BCUT2D eigenvalue weighted by molar-refractivity contribution is 7.92. The number of halogens is 1. The van der Waals surface area contributed by atoms with Gasteiger partial charge in [-0.1, -0.05) is 18.2 Å². The van der Waals surface area contributed by atoms with Crippen molar-refractivity contribution in [1.82, 2.24) is 15.4 Å². The number of phenolic OH excluding ortho intramolecular Hbond substituents is 1. The standard InChI is InChI=1S/C19H18FN5O5S/c20-15-6-12(7-16(26)18(15)25-11-17(27)24-31(25,28)29)8-21-19-22-9-14(10-23-19)30-13-4-2-1-3-5-13/h1-7,9,26H,8,10-11H2,(H,24,27)(H2,21,22,23). The van der Waals surface area contributed by atoms with E-state index in [1.165, 1.54) is 6.07 Å². The molecule has 1 amide bonds. The zero-order chi connectivity index (χ0) is 22.0. The summed E-state index contributed by atoms with van der Waals surface area (Å²) in [6.45, 7) is -0.218. The van der Waals surface area contributed by atoms with Crippen molar-refractivity contribution < 1.29 is 27.4 Å². The van der Waals surface area contributed by atoms with Crippen LogP contribution in [0.15, 0.2) is 59.4 Å². The average molecular weight is 447 g/mol. The number of hydrogen-bond acceptors (Lipinski definition) is 8. The summed E-state index contributed by atoms with van der Waals surface area (Å²) >= 11 is 0. The number of para-hydroxylation sites is 1. The number of anilines is 1. The first-order chi connectivity index (χ1) is 14.8. The first kappa shape index (κ1) is 20.5. The van der Waals surface area contributed by atoms with Gasteiger partial charge in [-0.15, -0.1) is 0 Å². The van der Waals surface area contributed by atoms with Crippen molar-refractivity contribution in [2.45, 2.75) is 6.54 Å². The summed E-state index contributed by atoms with van der Waals surface area (Å²) in [4.78, 5) is 15.6. The molecular weight excluding hydrogens is 429 g/mol. The molecule has 0 bridgehead atoms. The molecule has 0 spiro atoms. The van der Waals surface area contributed by atoms with Crippen LogP contribution in [0.1, 0.15) is 5.56 Å². The number of carbonyl (C=O) groups excluding carboxylic acids is 1. The Hall–Kier alpha value is -3.80. The van der Waals surface area contributed by atoms with E-state index >= 15 is 0 Å². The van der Waals surface area contributed by atoms with Gasteiger partial charge in [-0.25, -0.2) is 18.4 Å². The molecule has 162 valence electrons. The molecule has 0 unspecified atom stereocenters. The second kappa shape index (κ2) is 8.14. The van der Waals surface area contributed by atoms with Gasteiger partial charge in [-0.05, 0) is 29.8 Å². The van der Waals surface area contributed by atoms with E-state index in [-0.39, 0.29) is 13.1 Å². The summed E-state index contributed by atoms with van der Waals surface area (Å²) in [6.07, 6.45) is 1.64. The number of phenols is 1. The molecule has 1 fully saturated rings. The Morgan fingerprint density at radius 1 is 1.26 bits per heavy atom. The number of amides is 1. The molecule has 0 atom stereocenters. The molecule has 2 heterocycles. The van der Waals surface area contributed by atoms with Gasteiger partial charge in [-0.3, -0.25) is 4.79 Å². The topological polar surface area (TPSA) is 132 Å². The lowest BCUT2D eigenvalue weighted by molar-refractivity contribution is -0.117. The predicted octanol–water partition coefficient (Wildman–Crippen LogP) is 0.681. The van der Waals surface area contributed by atoms with Crippen molar-refractivity contribution >= 4 is 27.8 Å². The summed E-state index contributed by atoms with van der Waals surface area (Å²) in [5.41, 5.74) is -0.240. The van der Waals surface area contributed by atoms with Crippen molar-refractivity contribution in [1.29, 1.82) is 0 Å². The maximum atomic E-state index is 14.6. The summed E-state index contributed by atoms with van der Waals surface area (Å²) in [5.74, 6) is -0.677. The Labute approximate surface area is 177 Å². The summed E-state index contributed by atoms with van der Waals surface area (Å²) in [6, 6.07) is 11.5. The SMILES string of the molecule is O=C1CN(c2c(O)cc(CNC3=NCC(Oc4ccccc4)=CN3)cc2F)S(=O)(=O)N1. The van der Waals surface area contributed by atoms with Gasteiger partial charge in [0.25, 0.3) is 5.91 Å². The van der Waals surface area contributed by atoms with Crippen molar-refractivity contribution in [2.75, 3.05) is 17.4 Å². The average Bonchev–Trinajstić information content (AvgIpc) is 2.99. The minimum absolute atomic E-state index is 0.100. The van der Waals surface area contributed by atoms with Gasteiger partial charge in [0.15, 0.2) is 11.8 Å². The van der Waals surface area contributed by atoms with Gasteiger partial charge in [0, 0.05) is 12.7 Å². The van der Waals surface area contributed by atoms with Crippen LogP contribution in [-0.4, -0.2) is 38.5 Å². The molecule has 31 heavy (non-hydrogen) atoms. The van der Waals surface area contributed by atoms with Crippen LogP contribution in [0.25, 0.3) is 0 Å². The predicted molar refractivity (Wildman–Crippen MR) is 110 cm³/mol. The monoisotopic (exact) mass is 447 g/mol. The van der Waals surface area contributed by atoms with Crippen LogP contribution in [0.5, 0.6) is 11.5 Å². The zero-order valence-electron chi connectivity index (χ0n) is 16.0. The highest BCUT2D eigenvalue weighted by Gasteiger charge is 2.37. The number of guanidine groups is 1. The molecule has 10 nitrogen and oxygen atoms in total. The van der Waals surface area contributed by atoms with Gasteiger partial charge >= 0.3 is 10.2 Å². The molecule has 4 rings (SSSR count). The van der Waals surface area contributed by atoms with Gasteiger partial charge < -0.3 is 20.5 Å². The fourth-order valence-electron chi connectivity index (χ4n) is 3.03. The number of ether oxygens (including phenoxy) is 1. The van der Waals surface area contributed by atoms with Crippen LogP contribution in [0.3, 0.4) is 0 Å². The van der Waals surface area contributed by atoms with Gasteiger partial charge in [0.05, 0.1) is 0 Å². The number of rotatable bonds is 5. The van der Waals surface area contributed by atoms with Crippen molar-refractivity contribution in [3.63, 3.8) is 0 Å². The van der Waals surface area contributed by atoms with E-state index < -0.39 is 39.9 Å².